The highest BCUT2D eigenvalue weighted by Crippen LogP contribution is 2.21. The van der Waals surface area contributed by atoms with Crippen molar-refractivity contribution in [1.82, 2.24) is 20.2 Å². The Morgan fingerprint density at radius 3 is 2.67 bits per heavy atom. The highest BCUT2D eigenvalue weighted by molar-refractivity contribution is 7.99. The second-order valence-corrected chi connectivity index (χ2v) is 6.00. The van der Waals surface area contributed by atoms with Gasteiger partial charge >= 0.3 is 0 Å². The zero-order valence-corrected chi connectivity index (χ0v) is 14.0. The summed E-state index contributed by atoms with van der Waals surface area (Å²) in [4.78, 5) is 12.1. The fraction of sp³-hybridized carbons (Fsp3) is 0.176. The lowest BCUT2D eigenvalue weighted by molar-refractivity contribution is -0.113. The Balaban J connectivity index is 1.69. The van der Waals surface area contributed by atoms with E-state index in [1.807, 2.05) is 54.6 Å². The normalized spacial score (nSPS) is 10.5. The minimum absolute atomic E-state index is 0.0930. The Hall–Kier alpha value is -2.67. The minimum Gasteiger partial charge on any atom is -0.325 e. The zero-order chi connectivity index (χ0) is 16.8. The molecule has 24 heavy (non-hydrogen) atoms. The summed E-state index contributed by atoms with van der Waals surface area (Å²) in [5, 5.41) is 15.3. The monoisotopic (exact) mass is 339 g/mol. The molecule has 6 nitrogen and oxygen atoms in total. The quantitative estimate of drug-likeness (QED) is 0.699. The van der Waals surface area contributed by atoms with Gasteiger partial charge < -0.3 is 5.32 Å². The number of aromatic nitrogens is 4. The molecule has 0 fully saturated rings. The van der Waals surface area contributed by atoms with Gasteiger partial charge in [0.05, 0.1) is 11.4 Å². The van der Waals surface area contributed by atoms with E-state index in [0.29, 0.717) is 5.16 Å². The van der Waals surface area contributed by atoms with Crippen LogP contribution in [0.5, 0.6) is 0 Å². The van der Waals surface area contributed by atoms with E-state index in [9.17, 15) is 4.79 Å². The number of hydrogen-bond donors (Lipinski definition) is 1. The number of hydrogen-bond acceptors (Lipinski definition) is 5. The van der Waals surface area contributed by atoms with Crippen molar-refractivity contribution in [3.05, 3.63) is 60.2 Å². The molecule has 3 aromatic rings. The molecule has 1 amide bonds. The highest BCUT2D eigenvalue weighted by atomic mass is 32.2. The van der Waals surface area contributed by atoms with E-state index in [1.54, 1.807) is 4.68 Å². The predicted octanol–water partition coefficient (Wildman–Crippen LogP) is 2.96. The van der Waals surface area contributed by atoms with Gasteiger partial charge in [-0.15, -0.1) is 5.10 Å². The lowest BCUT2D eigenvalue weighted by atomic mass is 10.1. The van der Waals surface area contributed by atoms with Crippen molar-refractivity contribution in [3.8, 4) is 5.69 Å². The molecule has 0 radical (unpaired) electrons. The van der Waals surface area contributed by atoms with E-state index in [0.717, 1.165) is 23.4 Å². The number of nitrogens with one attached hydrogen (secondary N) is 1. The zero-order valence-electron chi connectivity index (χ0n) is 13.2. The first-order chi connectivity index (χ1) is 11.8. The molecule has 1 heterocycles. The molecule has 1 N–H and O–H groups in total. The van der Waals surface area contributed by atoms with Gasteiger partial charge in [0.15, 0.2) is 0 Å². The third-order valence-electron chi connectivity index (χ3n) is 3.43. The number of aryl methyl sites for hydroxylation is 1. The van der Waals surface area contributed by atoms with Crippen molar-refractivity contribution >= 4 is 23.4 Å². The molecule has 0 spiro atoms. The standard InChI is InChI=1S/C17H17N5OS/c1-2-13-8-6-7-11-15(13)22-17(19-20-21-22)24-12-16(23)18-14-9-4-3-5-10-14/h3-11H,2,12H2,1H3,(H,18,23). The van der Waals surface area contributed by atoms with Gasteiger partial charge in [-0.2, -0.15) is 4.68 Å². The molecule has 0 atom stereocenters. The molecule has 3 rings (SSSR count). The van der Waals surface area contributed by atoms with Crippen molar-refractivity contribution in [2.24, 2.45) is 0 Å². The molecule has 0 saturated heterocycles. The number of nitrogens with zero attached hydrogens (tertiary/aromatic N) is 4. The number of para-hydroxylation sites is 2. The number of benzene rings is 2. The average Bonchev–Trinajstić information content (AvgIpc) is 3.09. The third-order valence-corrected chi connectivity index (χ3v) is 4.35. The molecular formula is C17H17N5OS. The molecule has 122 valence electrons. The summed E-state index contributed by atoms with van der Waals surface area (Å²) in [6, 6.07) is 17.3. The number of carbonyl (C=O) groups excluding carboxylic acids is 1. The maximum absolute atomic E-state index is 12.1. The Kier molecular flexibility index (Phi) is 5.22. The third kappa shape index (κ3) is 3.80. The molecule has 0 bridgehead atoms. The largest absolute Gasteiger partial charge is 0.325 e. The van der Waals surface area contributed by atoms with Crippen molar-refractivity contribution in [3.63, 3.8) is 0 Å². The van der Waals surface area contributed by atoms with Crippen molar-refractivity contribution in [2.45, 2.75) is 18.5 Å². The SMILES string of the molecule is CCc1ccccc1-n1nnnc1SCC(=O)Nc1ccccc1. The van der Waals surface area contributed by atoms with Crippen LogP contribution in [0.3, 0.4) is 0 Å². The van der Waals surface area contributed by atoms with Crippen molar-refractivity contribution in [1.29, 1.82) is 0 Å². The second kappa shape index (κ2) is 7.74. The first kappa shape index (κ1) is 16.2. The van der Waals surface area contributed by atoms with E-state index in [4.69, 9.17) is 0 Å². The molecular weight excluding hydrogens is 322 g/mol. The molecule has 0 aliphatic heterocycles. The molecule has 2 aromatic carbocycles. The number of amides is 1. The van der Waals surface area contributed by atoms with E-state index in [2.05, 4.69) is 27.8 Å². The van der Waals surface area contributed by atoms with Crippen LogP contribution in [0, 0.1) is 0 Å². The average molecular weight is 339 g/mol. The van der Waals surface area contributed by atoms with Crippen LogP contribution in [0.2, 0.25) is 0 Å². The second-order valence-electron chi connectivity index (χ2n) is 5.06. The fourth-order valence-electron chi connectivity index (χ4n) is 2.29. The summed E-state index contributed by atoms with van der Waals surface area (Å²) < 4.78 is 1.68. The summed E-state index contributed by atoms with van der Waals surface area (Å²) in [5.74, 6) is 0.147. The van der Waals surface area contributed by atoms with Crippen LogP contribution in [0.4, 0.5) is 5.69 Å². The summed E-state index contributed by atoms with van der Waals surface area (Å²) >= 11 is 1.31. The van der Waals surface area contributed by atoms with Gasteiger partial charge in [0.2, 0.25) is 11.1 Å². The van der Waals surface area contributed by atoms with Crippen LogP contribution >= 0.6 is 11.8 Å². The summed E-state index contributed by atoms with van der Waals surface area (Å²) in [6.45, 7) is 2.09. The number of anilines is 1. The van der Waals surface area contributed by atoms with Crippen LogP contribution in [-0.2, 0) is 11.2 Å². The van der Waals surface area contributed by atoms with Gasteiger partial charge in [-0.3, -0.25) is 4.79 Å². The van der Waals surface area contributed by atoms with Crippen LogP contribution in [0.1, 0.15) is 12.5 Å². The maximum atomic E-state index is 12.1. The van der Waals surface area contributed by atoms with E-state index < -0.39 is 0 Å². The van der Waals surface area contributed by atoms with Crippen LogP contribution in [-0.4, -0.2) is 31.9 Å². The Morgan fingerprint density at radius 2 is 1.88 bits per heavy atom. The van der Waals surface area contributed by atoms with Gasteiger partial charge in [0.25, 0.3) is 0 Å². The van der Waals surface area contributed by atoms with Crippen LogP contribution < -0.4 is 5.32 Å². The van der Waals surface area contributed by atoms with E-state index >= 15 is 0 Å². The van der Waals surface area contributed by atoms with Crippen LogP contribution in [0.15, 0.2) is 59.8 Å². The van der Waals surface area contributed by atoms with E-state index in [1.165, 1.54) is 11.8 Å². The number of rotatable bonds is 6. The first-order valence-electron chi connectivity index (χ1n) is 7.62. The topological polar surface area (TPSA) is 72.7 Å². The summed E-state index contributed by atoms with van der Waals surface area (Å²) in [5.41, 5.74) is 2.87. The van der Waals surface area contributed by atoms with Gasteiger partial charge in [-0.25, -0.2) is 0 Å². The maximum Gasteiger partial charge on any atom is 0.234 e. The van der Waals surface area contributed by atoms with Gasteiger partial charge in [0, 0.05) is 5.69 Å². The van der Waals surface area contributed by atoms with Gasteiger partial charge in [-0.1, -0.05) is 55.1 Å². The smallest absolute Gasteiger partial charge is 0.234 e. The Labute approximate surface area is 144 Å². The highest BCUT2D eigenvalue weighted by Gasteiger charge is 2.13. The van der Waals surface area contributed by atoms with E-state index in [-0.39, 0.29) is 11.7 Å². The molecule has 1 aromatic heterocycles. The molecule has 0 aliphatic carbocycles. The fourth-order valence-corrected chi connectivity index (χ4v) is 2.97. The van der Waals surface area contributed by atoms with Crippen molar-refractivity contribution in [2.75, 3.05) is 11.1 Å². The molecule has 0 saturated carbocycles. The number of carbonyl (C=O) groups is 1. The first-order valence-corrected chi connectivity index (χ1v) is 8.61. The molecule has 0 unspecified atom stereocenters. The summed E-state index contributed by atoms with van der Waals surface area (Å²) in [7, 11) is 0. The van der Waals surface area contributed by atoms with Crippen LogP contribution in [0.25, 0.3) is 5.69 Å². The Bertz CT molecular complexity index is 819. The predicted molar refractivity (Wildman–Crippen MR) is 94.3 cm³/mol. The van der Waals surface area contributed by atoms with Gasteiger partial charge in [-0.05, 0) is 40.6 Å². The van der Waals surface area contributed by atoms with Crippen molar-refractivity contribution < 1.29 is 4.79 Å². The van der Waals surface area contributed by atoms with Gasteiger partial charge in [0.1, 0.15) is 0 Å². The summed E-state index contributed by atoms with van der Waals surface area (Å²) in [6.07, 6.45) is 0.884. The minimum atomic E-state index is -0.0930. The number of thioether (sulfide) groups is 1. The lowest BCUT2D eigenvalue weighted by Crippen LogP contribution is -2.14. The Morgan fingerprint density at radius 1 is 1.12 bits per heavy atom. The lowest BCUT2D eigenvalue weighted by Gasteiger charge is -2.09. The molecule has 0 aliphatic rings. The number of tetrazole rings is 1. The molecule has 7 heteroatoms.